The van der Waals surface area contributed by atoms with Crippen LogP contribution in [0.1, 0.15) is 17.0 Å². The molecule has 1 heterocycles. The van der Waals surface area contributed by atoms with Crippen LogP contribution in [-0.2, 0) is 6.18 Å². The summed E-state index contributed by atoms with van der Waals surface area (Å²) in [6.07, 6.45) is -4.71. The van der Waals surface area contributed by atoms with Crippen molar-refractivity contribution in [3.8, 4) is 11.8 Å². The van der Waals surface area contributed by atoms with E-state index in [2.05, 4.69) is 5.10 Å². The van der Waals surface area contributed by atoms with Crippen LogP contribution in [-0.4, -0.2) is 9.78 Å². The smallest absolute Gasteiger partial charge is 0.232 e. The van der Waals surface area contributed by atoms with Crippen molar-refractivity contribution < 1.29 is 22.0 Å². The highest BCUT2D eigenvalue weighted by molar-refractivity contribution is 5.43. The largest absolute Gasteiger partial charge is 0.435 e. The van der Waals surface area contributed by atoms with E-state index in [1.807, 2.05) is 0 Å². The summed E-state index contributed by atoms with van der Waals surface area (Å²) in [5.74, 6) is -2.33. The Balaban J connectivity index is 2.64. The van der Waals surface area contributed by atoms with E-state index in [0.717, 1.165) is 12.1 Å². The highest BCUT2D eigenvalue weighted by Crippen LogP contribution is 2.30. The van der Waals surface area contributed by atoms with E-state index in [1.165, 1.54) is 6.92 Å². The van der Waals surface area contributed by atoms with Gasteiger partial charge < -0.3 is 0 Å². The van der Waals surface area contributed by atoms with Gasteiger partial charge >= 0.3 is 6.18 Å². The van der Waals surface area contributed by atoms with Crippen molar-refractivity contribution in [3.63, 3.8) is 0 Å². The predicted octanol–water partition coefficient (Wildman–Crippen LogP) is 3.35. The average Bonchev–Trinajstić information content (AvgIpc) is 2.70. The van der Waals surface area contributed by atoms with Crippen molar-refractivity contribution in [1.29, 1.82) is 5.26 Å². The molecule has 0 atom stereocenters. The average molecular weight is 287 g/mol. The minimum absolute atomic E-state index is 0.0835. The molecule has 3 nitrogen and oxygen atoms in total. The number of nitrogens with zero attached hydrogens (tertiary/aromatic N) is 3. The summed E-state index contributed by atoms with van der Waals surface area (Å²) in [6, 6.07) is 3.68. The quantitative estimate of drug-likeness (QED) is 0.755. The van der Waals surface area contributed by atoms with E-state index in [0.29, 0.717) is 10.7 Å². The Labute approximate surface area is 109 Å². The van der Waals surface area contributed by atoms with Crippen LogP contribution in [0.15, 0.2) is 18.2 Å². The molecule has 0 amide bonds. The molecule has 104 valence electrons. The number of alkyl halides is 3. The summed E-state index contributed by atoms with van der Waals surface area (Å²) in [7, 11) is 0. The van der Waals surface area contributed by atoms with Gasteiger partial charge in [0.15, 0.2) is 17.3 Å². The summed E-state index contributed by atoms with van der Waals surface area (Å²) in [6.45, 7) is 1.24. The molecule has 0 aliphatic heterocycles. The topological polar surface area (TPSA) is 41.6 Å². The van der Waals surface area contributed by atoms with Crippen molar-refractivity contribution in [3.05, 3.63) is 46.8 Å². The molecule has 1 aromatic carbocycles. The fraction of sp³-hybridized carbons (Fsp3) is 0.167. The van der Waals surface area contributed by atoms with Gasteiger partial charge in [-0.05, 0) is 25.1 Å². The zero-order chi connectivity index (χ0) is 15.1. The second-order valence-corrected chi connectivity index (χ2v) is 3.98. The number of hydrogen-bond acceptors (Lipinski definition) is 2. The SMILES string of the molecule is Cc1cc(C(F)(F)F)nn1-c1c(F)cc(C#N)cc1F. The van der Waals surface area contributed by atoms with Gasteiger partial charge in [-0.15, -0.1) is 0 Å². The molecule has 0 saturated carbocycles. The normalized spacial score (nSPS) is 11.4. The fourth-order valence-electron chi connectivity index (χ4n) is 1.67. The molecule has 1 aromatic heterocycles. The summed E-state index contributed by atoms with van der Waals surface area (Å²) in [5, 5.41) is 11.7. The molecule has 0 fully saturated rings. The molecule has 0 aliphatic carbocycles. The van der Waals surface area contributed by atoms with Gasteiger partial charge in [-0.2, -0.15) is 23.5 Å². The number of hydrogen-bond donors (Lipinski definition) is 0. The first-order valence-electron chi connectivity index (χ1n) is 5.27. The van der Waals surface area contributed by atoms with Crippen molar-refractivity contribution in [2.75, 3.05) is 0 Å². The molecule has 0 saturated heterocycles. The van der Waals surface area contributed by atoms with Gasteiger partial charge in [0.05, 0.1) is 11.6 Å². The van der Waals surface area contributed by atoms with Crippen LogP contribution in [0.2, 0.25) is 0 Å². The first-order valence-corrected chi connectivity index (χ1v) is 5.27. The summed E-state index contributed by atoms with van der Waals surface area (Å²) >= 11 is 0. The first kappa shape index (κ1) is 14.0. The van der Waals surface area contributed by atoms with Gasteiger partial charge in [0.1, 0.15) is 5.69 Å². The van der Waals surface area contributed by atoms with Crippen LogP contribution in [0, 0.1) is 29.9 Å². The highest BCUT2D eigenvalue weighted by Gasteiger charge is 2.35. The third-order valence-corrected chi connectivity index (χ3v) is 2.54. The number of aromatic nitrogens is 2. The van der Waals surface area contributed by atoms with Gasteiger partial charge in [0, 0.05) is 5.69 Å². The maximum atomic E-state index is 13.7. The fourth-order valence-corrected chi connectivity index (χ4v) is 1.67. The number of aryl methyl sites for hydroxylation is 1. The Morgan fingerprint density at radius 3 is 2.10 bits per heavy atom. The molecular formula is C12H6F5N3. The third kappa shape index (κ3) is 2.34. The lowest BCUT2D eigenvalue weighted by atomic mass is 10.2. The van der Waals surface area contributed by atoms with E-state index in [9.17, 15) is 22.0 Å². The Morgan fingerprint density at radius 1 is 1.15 bits per heavy atom. The number of rotatable bonds is 1. The van der Waals surface area contributed by atoms with Crippen LogP contribution < -0.4 is 0 Å². The second kappa shape index (κ2) is 4.59. The maximum absolute atomic E-state index is 13.7. The Hall–Kier alpha value is -2.43. The summed E-state index contributed by atoms with van der Waals surface area (Å²) in [4.78, 5) is 0. The third-order valence-electron chi connectivity index (χ3n) is 2.54. The minimum Gasteiger partial charge on any atom is -0.232 e. The van der Waals surface area contributed by atoms with Gasteiger partial charge in [-0.25, -0.2) is 13.5 Å². The lowest BCUT2D eigenvalue weighted by Gasteiger charge is -2.08. The van der Waals surface area contributed by atoms with E-state index in [1.54, 1.807) is 6.07 Å². The van der Waals surface area contributed by atoms with Gasteiger partial charge in [0.2, 0.25) is 0 Å². The number of nitriles is 1. The molecule has 0 unspecified atom stereocenters. The summed E-state index contributed by atoms with van der Waals surface area (Å²) < 4.78 is 65.5. The van der Waals surface area contributed by atoms with E-state index >= 15 is 0 Å². The molecule has 0 bridgehead atoms. The Morgan fingerprint density at radius 2 is 1.70 bits per heavy atom. The molecule has 2 aromatic rings. The second-order valence-electron chi connectivity index (χ2n) is 3.98. The molecular weight excluding hydrogens is 281 g/mol. The zero-order valence-corrected chi connectivity index (χ0v) is 9.96. The lowest BCUT2D eigenvalue weighted by Crippen LogP contribution is -2.09. The van der Waals surface area contributed by atoms with Crippen LogP contribution in [0.5, 0.6) is 0 Å². The van der Waals surface area contributed by atoms with E-state index in [4.69, 9.17) is 5.26 Å². The van der Waals surface area contributed by atoms with Crippen LogP contribution in [0.4, 0.5) is 22.0 Å². The van der Waals surface area contributed by atoms with Crippen molar-refractivity contribution in [2.45, 2.75) is 13.1 Å². The van der Waals surface area contributed by atoms with Crippen molar-refractivity contribution in [2.24, 2.45) is 0 Å². The minimum atomic E-state index is -4.71. The van der Waals surface area contributed by atoms with E-state index < -0.39 is 29.2 Å². The van der Waals surface area contributed by atoms with E-state index in [-0.39, 0.29) is 11.3 Å². The van der Waals surface area contributed by atoms with Gasteiger partial charge in [0.25, 0.3) is 0 Å². The molecule has 0 N–H and O–H groups in total. The molecule has 8 heteroatoms. The number of halogens is 5. The molecule has 20 heavy (non-hydrogen) atoms. The summed E-state index contributed by atoms with van der Waals surface area (Å²) in [5.41, 5.74) is -2.36. The highest BCUT2D eigenvalue weighted by atomic mass is 19.4. The Bertz CT molecular complexity index is 686. The molecule has 0 radical (unpaired) electrons. The monoisotopic (exact) mass is 287 g/mol. The van der Waals surface area contributed by atoms with Gasteiger partial charge in [-0.3, -0.25) is 0 Å². The first-order chi connectivity index (χ1) is 9.24. The molecule has 2 rings (SSSR count). The van der Waals surface area contributed by atoms with Crippen LogP contribution >= 0.6 is 0 Å². The van der Waals surface area contributed by atoms with Crippen molar-refractivity contribution in [1.82, 2.24) is 9.78 Å². The zero-order valence-electron chi connectivity index (χ0n) is 9.96. The maximum Gasteiger partial charge on any atom is 0.435 e. The van der Waals surface area contributed by atoms with Crippen LogP contribution in [0.3, 0.4) is 0 Å². The molecule has 0 spiro atoms. The lowest BCUT2D eigenvalue weighted by molar-refractivity contribution is -0.141. The van der Waals surface area contributed by atoms with Gasteiger partial charge in [-0.1, -0.05) is 0 Å². The Kier molecular flexibility index (Phi) is 3.21. The predicted molar refractivity (Wildman–Crippen MR) is 57.9 cm³/mol. The van der Waals surface area contributed by atoms with Crippen LogP contribution in [0.25, 0.3) is 5.69 Å². The molecule has 0 aliphatic rings. The standard InChI is InChI=1S/C12H6F5N3/c1-6-2-10(12(15,16)17)19-20(6)11-8(13)3-7(5-18)4-9(11)14/h2-4H,1H3. The number of benzene rings is 1. The van der Waals surface area contributed by atoms with Crippen molar-refractivity contribution >= 4 is 0 Å².